The number of rotatable bonds is 1. The zero-order valence-corrected chi connectivity index (χ0v) is 3.22. The largest absolute Gasteiger partial charge is 0.316 e. The van der Waals surface area contributed by atoms with E-state index in [1.807, 2.05) is 6.08 Å². The van der Waals surface area contributed by atoms with Gasteiger partial charge in [0.2, 0.25) is 0 Å². The molecule has 0 fully saturated rings. The lowest BCUT2D eigenvalue weighted by Gasteiger charge is -2.13. The maximum atomic E-state index is 9.54. The fourth-order valence-electron chi connectivity index (χ4n) is 0.279. The van der Waals surface area contributed by atoms with Crippen LogP contribution < -0.4 is 0 Å². The molecule has 0 bridgehead atoms. The summed E-state index contributed by atoms with van der Waals surface area (Å²) < 4.78 is 0. The van der Waals surface area contributed by atoms with Crippen molar-refractivity contribution in [2.45, 2.75) is 0 Å². The number of carbonyl (C=O) groups excluding carboxylic acids is 1. The molecule has 0 aromatic heterocycles. The van der Waals surface area contributed by atoms with Crippen molar-refractivity contribution in [3.63, 3.8) is 0 Å². The summed E-state index contributed by atoms with van der Waals surface area (Å²) >= 11 is 0. The molecule has 0 spiro atoms. The van der Waals surface area contributed by atoms with E-state index in [4.69, 9.17) is 0 Å². The molecule has 6 heavy (non-hydrogen) atoms. The summed E-state index contributed by atoms with van der Waals surface area (Å²) in [5, 5.41) is 0. The van der Waals surface area contributed by atoms with E-state index in [1.54, 1.807) is 12.6 Å². The Labute approximate surface area is 36.1 Å². The second kappa shape index (κ2) is 1.12. The van der Waals surface area contributed by atoms with Gasteiger partial charge in [-0.3, -0.25) is 4.79 Å². The van der Waals surface area contributed by atoms with E-state index in [2.05, 4.69) is 0 Å². The van der Waals surface area contributed by atoms with Gasteiger partial charge in [-0.2, -0.15) is 0 Å². The zero-order valence-electron chi connectivity index (χ0n) is 3.22. The van der Waals surface area contributed by atoms with Crippen LogP contribution in [-0.2, 0) is 4.79 Å². The van der Waals surface area contributed by atoms with E-state index >= 15 is 0 Å². The summed E-state index contributed by atoms with van der Waals surface area (Å²) in [5.74, 6) is 0. The van der Waals surface area contributed by atoms with E-state index in [9.17, 15) is 4.79 Å². The van der Waals surface area contributed by atoms with Gasteiger partial charge in [0.25, 0.3) is 0 Å². The van der Waals surface area contributed by atoms with Crippen molar-refractivity contribution in [1.29, 1.82) is 0 Å². The molecule has 0 atom stereocenters. The van der Waals surface area contributed by atoms with Crippen LogP contribution in [0.5, 0.6) is 0 Å². The first-order chi connectivity index (χ1) is 2.93. The Bertz CT molecular complexity index is 87.5. The predicted molar refractivity (Wildman–Crippen MR) is 21.5 cm³/mol. The van der Waals surface area contributed by atoms with Gasteiger partial charge in [0.15, 0.2) is 0 Å². The van der Waals surface area contributed by atoms with Crippen LogP contribution in [0.4, 0.5) is 0 Å². The Balaban J connectivity index is 2.39. The predicted octanol–water partition coefficient (Wildman–Crippen LogP) is -0.117. The van der Waals surface area contributed by atoms with Crippen LogP contribution in [0.15, 0.2) is 12.3 Å². The minimum atomic E-state index is 0.740. The highest BCUT2D eigenvalue weighted by molar-refractivity contribution is 5.52. The van der Waals surface area contributed by atoms with Crippen LogP contribution in [0, 0.1) is 0 Å². The summed E-state index contributed by atoms with van der Waals surface area (Å²) in [6.07, 6.45) is 5.28. The van der Waals surface area contributed by atoms with Gasteiger partial charge in [-0.1, -0.05) is 0 Å². The summed E-state index contributed by atoms with van der Waals surface area (Å²) in [6.45, 7) is 0.740. The van der Waals surface area contributed by atoms with Crippen LogP contribution in [0.25, 0.3) is 0 Å². The quantitative estimate of drug-likeness (QED) is 0.432. The van der Waals surface area contributed by atoms with Crippen molar-refractivity contribution in [3.05, 3.63) is 12.3 Å². The number of hydrogen-bond donors (Lipinski definition) is 0. The maximum Gasteiger partial charge on any atom is 0.316 e. The Morgan fingerprint density at radius 2 is 2.50 bits per heavy atom. The first kappa shape index (κ1) is 3.40. The summed E-state index contributed by atoms with van der Waals surface area (Å²) in [5.41, 5.74) is 0. The molecule has 2 nitrogen and oxygen atoms in total. The van der Waals surface area contributed by atoms with E-state index in [0.29, 0.717) is 0 Å². The van der Waals surface area contributed by atoms with E-state index in [1.165, 1.54) is 4.90 Å². The average molecular weight is 82.1 g/mol. The van der Waals surface area contributed by atoms with Gasteiger partial charge in [0.1, 0.15) is 0 Å². The maximum absolute atomic E-state index is 9.54. The lowest BCUT2D eigenvalue weighted by atomic mass is 10.4. The Morgan fingerprint density at radius 3 is 2.50 bits per heavy atom. The Kier molecular flexibility index (Phi) is 0.638. The van der Waals surface area contributed by atoms with Gasteiger partial charge in [0, 0.05) is 12.7 Å². The number of nitrogens with zero attached hydrogens (tertiary/aromatic N) is 1. The Morgan fingerprint density at radius 1 is 1.83 bits per heavy atom. The first-order valence-electron chi connectivity index (χ1n) is 1.74. The topological polar surface area (TPSA) is 20.3 Å². The van der Waals surface area contributed by atoms with Crippen LogP contribution in [0.2, 0.25) is 0 Å². The van der Waals surface area contributed by atoms with Crippen LogP contribution in [-0.4, -0.2) is 17.9 Å². The lowest BCUT2D eigenvalue weighted by molar-refractivity contribution is 0.462. The fourth-order valence-corrected chi connectivity index (χ4v) is 0.279. The molecule has 0 N–H and O–H groups in total. The molecule has 1 rings (SSSR count). The zero-order chi connectivity index (χ0) is 4.41. The molecule has 0 saturated carbocycles. The van der Waals surface area contributed by atoms with Crippen molar-refractivity contribution < 1.29 is 4.79 Å². The molecule has 0 aliphatic carbocycles. The van der Waals surface area contributed by atoms with Gasteiger partial charge >= 0.3 is 6.41 Å². The molecule has 1 amide bonds. The number of amides is 1. The van der Waals surface area contributed by atoms with Gasteiger partial charge in [-0.25, -0.2) is 0 Å². The molecule has 0 saturated heterocycles. The average Bonchev–Trinajstić information content (AvgIpc) is 1.31. The van der Waals surface area contributed by atoms with Crippen molar-refractivity contribution in [3.8, 4) is 0 Å². The summed E-state index contributed by atoms with van der Waals surface area (Å²) in [6, 6.07) is 0. The van der Waals surface area contributed by atoms with Gasteiger partial charge in [0.05, 0.1) is 0 Å². The second-order valence-electron chi connectivity index (χ2n) is 1.13. The first-order valence-corrected chi connectivity index (χ1v) is 1.74. The molecule has 0 aromatic rings. The summed E-state index contributed by atoms with van der Waals surface area (Å²) in [7, 11) is 0. The monoisotopic (exact) mass is 82.0 g/mol. The molecule has 1 radical (unpaired) electrons. The third-order valence-corrected chi connectivity index (χ3v) is 0.705. The van der Waals surface area contributed by atoms with Gasteiger partial charge in [-0.05, 0) is 6.08 Å². The van der Waals surface area contributed by atoms with E-state index in [-0.39, 0.29) is 0 Å². The molecule has 1 aliphatic heterocycles. The fraction of sp³-hybridized carbons (Fsp3) is 0.250. The van der Waals surface area contributed by atoms with Gasteiger partial charge < -0.3 is 4.90 Å². The molecule has 2 heteroatoms. The van der Waals surface area contributed by atoms with Gasteiger partial charge in [-0.15, -0.1) is 0 Å². The SMILES string of the molecule is O=[C]N1C=CC1. The minimum absolute atomic E-state index is 0.740. The highest BCUT2D eigenvalue weighted by Crippen LogP contribution is 1.94. The molecule has 31 valence electrons. The molecule has 0 aromatic carbocycles. The Hall–Kier alpha value is -0.790. The molecular weight excluding hydrogens is 78.0 g/mol. The lowest BCUT2D eigenvalue weighted by Crippen LogP contribution is -2.21. The van der Waals surface area contributed by atoms with Crippen LogP contribution in [0.3, 0.4) is 0 Å². The highest BCUT2D eigenvalue weighted by atomic mass is 16.1. The standard InChI is InChI=1S/C4H4NO/c6-4-5-2-1-3-5/h1-2H,3H2. The van der Waals surface area contributed by atoms with Crippen molar-refractivity contribution in [2.75, 3.05) is 6.54 Å². The third-order valence-electron chi connectivity index (χ3n) is 0.705. The third kappa shape index (κ3) is 0.302. The van der Waals surface area contributed by atoms with Crippen LogP contribution in [0.1, 0.15) is 0 Å². The van der Waals surface area contributed by atoms with E-state index < -0.39 is 0 Å². The molecule has 0 unspecified atom stereocenters. The van der Waals surface area contributed by atoms with E-state index in [0.717, 1.165) is 6.54 Å². The normalized spacial score (nSPS) is 17.0. The summed E-state index contributed by atoms with van der Waals surface area (Å²) in [4.78, 5) is 11.0. The number of hydrogen-bond acceptors (Lipinski definition) is 1. The van der Waals surface area contributed by atoms with Crippen LogP contribution >= 0.6 is 0 Å². The highest BCUT2D eigenvalue weighted by Gasteiger charge is 1.99. The van der Waals surface area contributed by atoms with Crippen molar-refractivity contribution >= 4 is 6.41 Å². The molecule has 1 heterocycles. The molecular formula is C4H4NO. The van der Waals surface area contributed by atoms with Crippen molar-refractivity contribution in [2.24, 2.45) is 0 Å². The molecule has 1 aliphatic rings. The minimum Gasteiger partial charge on any atom is -0.307 e. The second-order valence-corrected chi connectivity index (χ2v) is 1.13. The van der Waals surface area contributed by atoms with Crippen molar-refractivity contribution in [1.82, 2.24) is 4.90 Å². The smallest absolute Gasteiger partial charge is 0.307 e.